The molecule has 0 aromatic heterocycles. The lowest BCUT2D eigenvalue weighted by molar-refractivity contribution is -0.858. The Bertz CT molecular complexity index is 488. The molecule has 0 spiro atoms. The van der Waals surface area contributed by atoms with E-state index >= 15 is 0 Å². The standard InChI is InChI=1S/C6H15N.C4HF9O3S/c1-4-5-6-7(2)3;5-1(6,3(9,10)11)2(7,8)4(12,13)17(14,15)16/h4-6H2,1-3H3;(H,14,15,16). The third-order valence-electron chi connectivity index (χ3n) is 2.46. The van der Waals surface area contributed by atoms with Gasteiger partial charge in [-0.05, 0) is 6.42 Å². The second-order valence-electron chi connectivity index (χ2n) is 4.93. The van der Waals surface area contributed by atoms with E-state index in [4.69, 9.17) is 0 Å². The maximum Gasteiger partial charge on any atom is 0.460 e. The third-order valence-corrected chi connectivity index (χ3v) is 3.34. The Hall–Kier alpha value is -0.760. The van der Waals surface area contributed by atoms with Gasteiger partial charge in [0.2, 0.25) is 0 Å². The fourth-order valence-electron chi connectivity index (χ4n) is 1.05. The number of hydrogen-bond donors (Lipinski definition) is 1. The Morgan fingerprint density at radius 3 is 1.42 bits per heavy atom. The van der Waals surface area contributed by atoms with Gasteiger partial charge < -0.3 is 9.45 Å². The predicted molar refractivity (Wildman–Crippen MR) is 63.2 cm³/mol. The third kappa shape index (κ3) is 5.65. The molecule has 0 fully saturated rings. The fraction of sp³-hybridized carbons (Fsp3) is 1.00. The van der Waals surface area contributed by atoms with E-state index in [-0.39, 0.29) is 0 Å². The summed E-state index contributed by atoms with van der Waals surface area (Å²) in [4.78, 5) is 1.56. The minimum atomic E-state index is -7.43. The molecule has 0 bridgehead atoms. The zero-order chi connectivity index (χ0) is 20.2. The maximum absolute atomic E-state index is 12.2. The summed E-state index contributed by atoms with van der Waals surface area (Å²) in [6, 6.07) is 0. The lowest BCUT2D eigenvalue weighted by atomic mass is 10.1. The minimum Gasteiger partial charge on any atom is -0.743 e. The maximum atomic E-state index is 12.2. The first-order valence-electron chi connectivity index (χ1n) is 6.22. The summed E-state index contributed by atoms with van der Waals surface area (Å²) in [7, 11) is -3.04. The Morgan fingerprint density at radius 1 is 0.875 bits per heavy atom. The molecule has 24 heavy (non-hydrogen) atoms. The summed E-state index contributed by atoms with van der Waals surface area (Å²) >= 11 is 0. The van der Waals surface area contributed by atoms with Gasteiger partial charge >= 0.3 is 23.3 Å². The first-order chi connectivity index (χ1) is 10.3. The van der Waals surface area contributed by atoms with Gasteiger partial charge in [-0.1, -0.05) is 13.3 Å². The molecule has 4 nitrogen and oxygen atoms in total. The van der Waals surface area contributed by atoms with E-state index in [1.54, 1.807) is 4.90 Å². The van der Waals surface area contributed by atoms with Gasteiger partial charge in [0.05, 0.1) is 20.6 Å². The van der Waals surface area contributed by atoms with E-state index in [1.807, 2.05) is 0 Å². The van der Waals surface area contributed by atoms with Crippen LogP contribution in [0.15, 0.2) is 0 Å². The van der Waals surface area contributed by atoms with Crippen LogP contribution in [0.2, 0.25) is 0 Å². The van der Waals surface area contributed by atoms with Crippen LogP contribution >= 0.6 is 0 Å². The first kappa shape index (κ1) is 25.5. The minimum absolute atomic E-state index is 1.32. The van der Waals surface area contributed by atoms with Crippen LogP contribution in [0.3, 0.4) is 0 Å². The molecule has 148 valence electrons. The molecule has 1 N–H and O–H groups in total. The van der Waals surface area contributed by atoms with E-state index in [0.717, 1.165) is 0 Å². The van der Waals surface area contributed by atoms with Crippen molar-refractivity contribution < 1.29 is 57.4 Å². The molecule has 0 saturated carbocycles. The molecular weight excluding hydrogens is 385 g/mol. The van der Waals surface area contributed by atoms with Crippen molar-refractivity contribution in [2.75, 3.05) is 20.6 Å². The van der Waals surface area contributed by atoms with Crippen molar-refractivity contribution in [1.82, 2.24) is 0 Å². The highest BCUT2D eigenvalue weighted by Crippen LogP contribution is 2.54. The first-order valence-corrected chi connectivity index (χ1v) is 7.62. The van der Waals surface area contributed by atoms with Gasteiger partial charge in [-0.25, -0.2) is 8.42 Å². The summed E-state index contributed by atoms with van der Waals surface area (Å²) in [5, 5.41) is -7.11. The number of unbranched alkanes of at least 4 members (excludes halogenated alkanes) is 1. The van der Waals surface area contributed by atoms with Crippen molar-refractivity contribution in [1.29, 1.82) is 0 Å². The Morgan fingerprint density at radius 2 is 1.25 bits per heavy atom. The molecular formula is C10H16F9NO3S. The van der Waals surface area contributed by atoms with E-state index < -0.39 is 33.4 Å². The molecule has 0 amide bonds. The molecule has 0 saturated heterocycles. The summed E-state index contributed by atoms with van der Waals surface area (Å²) in [6.07, 6.45) is -4.47. The number of quaternary nitrogens is 1. The molecule has 0 aliphatic heterocycles. The van der Waals surface area contributed by atoms with Crippen molar-refractivity contribution in [3.63, 3.8) is 0 Å². The van der Waals surface area contributed by atoms with Crippen molar-refractivity contribution in [2.45, 2.75) is 43.0 Å². The van der Waals surface area contributed by atoms with Crippen LogP contribution in [0.4, 0.5) is 39.5 Å². The van der Waals surface area contributed by atoms with Crippen LogP contribution < -0.4 is 4.90 Å². The van der Waals surface area contributed by atoms with E-state index in [9.17, 15) is 52.5 Å². The van der Waals surface area contributed by atoms with Gasteiger partial charge in [0.25, 0.3) is 0 Å². The van der Waals surface area contributed by atoms with Crippen molar-refractivity contribution in [3.05, 3.63) is 0 Å². The summed E-state index contributed by atoms with van der Waals surface area (Å²) in [5.41, 5.74) is 0. The Kier molecular flexibility index (Phi) is 8.58. The average Bonchev–Trinajstić information content (AvgIpc) is 2.33. The zero-order valence-electron chi connectivity index (χ0n) is 12.7. The van der Waals surface area contributed by atoms with Gasteiger partial charge in [-0.2, -0.15) is 39.5 Å². The van der Waals surface area contributed by atoms with Gasteiger partial charge in [0, 0.05) is 0 Å². The monoisotopic (exact) mass is 401 g/mol. The topological polar surface area (TPSA) is 61.6 Å². The smallest absolute Gasteiger partial charge is 0.460 e. The summed E-state index contributed by atoms with van der Waals surface area (Å²) in [5.74, 6) is -14.8. The number of alkyl halides is 9. The second kappa shape index (κ2) is 8.08. The molecule has 0 aliphatic carbocycles. The van der Waals surface area contributed by atoms with Crippen LogP contribution in [0.1, 0.15) is 19.8 Å². The van der Waals surface area contributed by atoms with Gasteiger partial charge in [-0.3, -0.25) is 0 Å². The molecule has 0 rings (SSSR count). The van der Waals surface area contributed by atoms with Gasteiger partial charge in [0.1, 0.15) is 0 Å². The molecule has 0 unspecified atom stereocenters. The Balaban J connectivity index is 0. The second-order valence-corrected chi connectivity index (χ2v) is 6.35. The number of halogens is 9. The van der Waals surface area contributed by atoms with Gasteiger partial charge in [-0.15, -0.1) is 0 Å². The van der Waals surface area contributed by atoms with E-state index in [2.05, 4.69) is 21.0 Å². The fourth-order valence-corrected chi connectivity index (χ4v) is 1.49. The van der Waals surface area contributed by atoms with E-state index in [1.165, 1.54) is 19.4 Å². The highest BCUT2D eigenvalue weighted by Gasteiger charge is 2.83. The SMILES string of the molecule is CCCC[NH+](C)C.O=S(=O)([O-])C(F)(F)C(F)(F)C(F)(F)C(F)(F)F. The zero-order valence-corrected chi connectivity index (χ0v) is 13.5. The molecule has 14 heteroatoms. The average molecular weight is 401 g/mol. The van der Waals surface area contributed by atoms with Crippen LogP contribution in [-0.4, -0.2) is 56.9 Å². The van der Waals surface area contributed by atoms with Crippen molar-refractivity contribution in [2.24, 2.45) is 0 Å². The predicted octanol–water partition coefficient (Wildman–Crippen LogP) is 1.89. The van der Waals surface area contributed by atoms with Crippen molar-refractivity contribution >= 4 is 10.1 Å². The van der Waals surface area contributed by atoms with E-state index in [0.29, 0.717) is 0 Å². The van der Waals surface area contributed by atoms with Crippen LogP contribution in [0.5, 0.6) is 0 Å². The number of hydrogen-bond acceptors (Lipinski definition) is 3. The van der Waals surface area contributed by atoms with Crippen LogP contribution in [0, 0.1) is 0 Å². The van der Waals surface area contributed by atoms with Crippen molar-refractivity contribution in [3.8, 4) is 0 Å². The molecule has 0 radical (unpaired) electrons. The molecule has 0 atom stereocenters. The Labute approximate surface area is 132 Å². The molecule has 0 aromatic carbocycles. The largest absolute Gasteiger partial charge is 0.743 e. The summed E-state index contributed by atoms with van der Waals surface area (Å²) < 4.78 is 135. The summed E-state index contributed by atoms with van der Waals surface area (Å²) in [6.45, 7) is 3.54. The highest BCUT2D eigenvalue weighted by molar-refractivity contribution is 7.86. The normalized spacial score (nSPS) is 14.4. The number of rotatable bonds is 6. The lowest BCUT2D eigenvalue weighted by Crippen LogP contribution is -3.05. The lowest BCUT2D eigenvalue weighted by Gasteiger charge is -2.34. The highest BCUT2D eigenvalue weighted by atomic mass is 32.2. The number of nitrogens with one attached hydrogen (secondary N) is 1. The quantitative estimate of drug-likeness (QED) is 0.546. The van der Waals surface area contributed by atoms with Crippen LogP contribution in [-0.2, 0) is 10.1 Å². The van der Waals surface area contributed by atoms with Crippen LogP contribution in [0.25, 0.3) is 0 Å². The molecule has 0 heterocycles. The molecule has 0 aromatic rings. The molecule has 0 aliphatic rings. The van der Waals surface area contributed by atoms with Gasteiger partial charge in [0.15, 0.2) is 10.1 Å².